The van der Waals surface area contributed by atoms with Gasteiger partial charge in [-0.25, -0.2) is 4.98 Å². The fourth-order valence-corrected chi connectivity index (χ4v) is 2.77. The second-order valence-corrected chi connectivity index (χ2v) is 6.36. The lowest BCUT2D eigenvalue weighted by Gasteiger charge is -2.07. The maximum atomic E-state index is 4.40. The summed E-state index contributed by atoms with van der Waals surface area (Å²) in [6.45, 7) is 2.75. The van der Waals surface area contributed by atoms with Crippen molar-refractivity contribution < 1.29 is 0 Å². The van der Waals surface area contributed by atoms with Gasteiger partial charge >= 0.3 is 0 Å². The fraction of sp³-hybridized carbons (Fsp3) is 0.133. The van der Waals surface area contributed by atoms with Crippen LogP contribution < -0.4 is 5.32 Å². The summed E-state index contributed by atoms with van der Waals surface area (Å²) >= 11 is 7.00. The molecule has 3 rings (SSSR count). The summed E-state index contributed by atoms with van der Waals surface area (Å²) in [5, 5.41) is 3.43. The second kappa shape index (κ2) is 5.58. The number of H-pyrrole nitrogens is 1. The summed E-state index contributed by atoms with van der Waals surface area (Å²) in [5.74, 6) is 0.939. The van der Waals surface area contributed by atoms with E-state index in [9.17, 15) is 0 Å². The van der Waals surface area contributed by atoms with Crippen LogP contribution in [0.25, 0.3) is 11.0 Å². The number of nitrogens with one attached hydrogen (secondary N) is 2. The highest BCUT2D eigenvalue weighted by Crippen LogP contribution is 2.24. The van der Waals surface area contributed by atoms with Crippen molar-refractivity contribution in [2.24, 2.45) is 0 Å². The lowest BCUT2D eigenvalue weighted by molar-refractivity contribution is 1.14. The number of aromatic amines is 1. The van der Waals surface area contributed by atoms with Crippen LogP contribution in [0.15, 0.2) is 45.3 Å². The molecule has 0 aliphatic rings. The molecule has 102 valence electrons. The zero-order chi connectivity index (χ0) is 14.1. The molecule has 1 heterocycles. The van der Waals surface area contributed by atoms with E-state index < -0.39 is 0 Å². The molecule has 0 saturated carbocycles. The number of imidazole rings is 1. The molecule has 0 saturated heterocycles. The zero-order valence-corrected chi connectivity index (χ0v) is 14.0. The fourth-order valence-electron chi connectivity index (χ4n) is 2.10. The molecule has 0 bridgehead atoms. The van der Waals surface area contributed by atoms with Crippen molar-refractivity contribution in [2.45, 2.75) is 13.5 Å². The Morgan fingerprint density at radius 3 is 2.75 bits per heavy atom. The number of nitrogens with zero attached hydrogens (tertiary/aromatic N) is 1. The molecule has 2 aromatic carbocycles. The van der Waals surface area contributed by atoms with Crippen molar-refractivity contribution in [3.05, 3.63) is 56.7 Å². The quantitative estimate of drug-likeness (QED) is 0.655. The maximum Gasteiger partial charge on any atom is 0.104 e. The predicted molar refractivity (Wildman–Crippen MR) is 90.0 cm³/mol. The van der Waals surface area contributed by atoms with Crippen molar-refractivity contribution in [3.8, 4) is 0 Å². The Bertz CT molecular complexity index is 765. The molecule has 5 heteroatoms. The first-order valence-electron chi connectivity index (χ1n) is 6.26. The highest BCUT2D eigenvalue weighted by Gasteiger charge is 2.02. The lowest BCUT2D eigenvalue weighted by Crippen LogP contribution is -1.99. The SMILES string of the molecule is Cc1nc2ccc(NCc3ccc(Br)c(Br)c3)cc2[nH]1. The van der Waals surface area contributed by atoms with E-state index >= 15 is 0 Å². The lowest BCUT2D eigenvalue weighted by atomic mass is 10.2. The minimum Gasteiger partial charge on any atom is -0.381 e. The Balaban J connectivity index is 1.77. The molecule has 3 aromatic rings. The van der Waals surface area contributed by atoms with Crippen LogP contribution in [0.5, 0.6) is 0 Å². The normalized spacial score (nSPS) is 10.9. The van der Waals surface area contributed by atoms with Crippen LogP contribution in [0, 0.1) is 6.92 Å². The van der Waals surface area contributed by atoms with Gasteiger partial charge in [0.2, 0.25) is 0 Å². The van der Waals surface area contributed by atoms with E-state index in [1.54, 1.807) is 0 Å². The molecule has 0 amide bonds. The number of halogens is 2. The van der Waals surface area contributed by atoms with Gasteiger partial charge in [-0.3, -0.25) is 0 Å². The minimum atomic E-state index is 0.782. The third-order valence-corrected chi connectivity index (χ3v) is 4.96. The highest BCUT2D eigenvalue weighted by molar-refractivity contribution is 9.13. The van der Waals surface area contributed by atoms with E-state index in [4.69, 9.17) is 0 Å². The molecule has 0 aliphatic carbocycles. The van der Waals surface area contributed by atoms with Gasteiger partial charge in [-0.05, 0) is 74.7 Å². The molecular weight excluding hydrogens is 382 g/mol. The number of fused-ring (bicyclic) bond motifs is 1. The summed E-state index contributed by atoms with van der Waals surface area (Å²) < 4.78 is 2.13. The monoisotopic (exact) mass is 393 g/mol. The van der Waals surface area contributed by atoms with Gasteiger partial charge in [0.25, 0.3) is 0 Å². The summed E-state index contributed by atoms with van der Waals surface area (Å²) in [4.78, 5) is 7.65. The summed E-state index contributed by atoms with van der Waals surface area (Å²) in [6, 6.07) is 12.4. The molecule has 0 aliphatic heterocycles. The number of anilines is 1. The van der Waals surface area contributed by atoms with Gasteiger partial charge in [0.05, 0.1) is 11.0 Å². The van der Waals surface area contributed by atoms with Crippen LogP contribution in [-0.4, -0.2) is 9.97 Å². The summed E-state index contributed by atoms with van der Waals surface area (Å²) in [5.41, 5.74) is 4.37. The Labute approximate surface area is 134 Å². The summed E-state index contributed by atoms with van der Waals surface area (Å²) in [6.07, 6.45) is 0. The van der Waals surface area contributed by atoms with Crippen LogP contribution in [0.2, 0.25) is 0 Å². The maximum absolute atomic E-state index is 4.40. The standard InChI is InChI=1S/C15H13Br2N3/c1-9-19-14-5-3-11(7-15(14)20-9)18-8-10-2-4-12(16)13(17)6-10/h2-7,18H,8H2,1H3,(H,19,20). The Hall–Kier alpha value is -1.33. The van der Waals surface area contributed by atoms with Crippen molar-refractivity contribution in [1.82, 2.24) is 9.97 Å². The number of benzene rings is 2. The Kier molecular flexibility index (Phi) is 3.81. The van der Waals surface area contributed by atoms with Crippen LogP contribution in [0.3, 0.4) is 0 Å². The van der Waals surface area contributed by atoms with Gasteiger partial charge in [0.1, 0.15) is 5.82 Å². The van der Waals surface area contributed by atoms with Gasteiger partial charge in [-0.1, -0.05) is 6.07 Å². The molecule has 0 radical (unpaired) electrons. The number of aryl methyl sites for hydroxylation is 1. The van der Waals surface area contributed by atoms with E-state index in [0.29, 0.717) is 0 Å². The van der Waals surface area contributed by atoms with Crippen molar-refractivity contribution in [3.63, 3.8) is 0 Å². The van der Waals surface area contributed by atoms with Crippen molar-refractivity contribution >= 4 is 48.6 Å². The first kappa shape index (κ1) is 13.6. The Morgan fingerprint density at radius 1 is 1.10 bits per heavy atom. The number of rotatable bonds is 3. The number of aromatic nitrogens is 2. The van der Waals surface area contributed by atoms with Crippen LogP contribution in [0.4, 0.5) is 5.69 Å². The van der Waals surface area contributed by atoms with E-state index in [-0.39, 0.29) is 0 Å². The van der Waals surface area contributed by atoms with E-state index in [2.05, 4.69) is 71.4 Å². The van der Waals surface area contributed by atoms with Crippen molar-refractivity contribution in [1.29, 1.82) is 0 Å². The molecule has 0 spiro atoms. The molecule has 2 N–H and O–H groups in total. The topological polar surface area (TPSA) is 40.7 Å². The van der Waals surface area contributed by atoms with Gasteiger partial charge < -0.3 is 10.3 Å². The largest absolute Gasteiger partial charge is 0.381 e. The van der Waals surface area contributed by atoms with Crippen molar-refractivity contribution in [2.75, 3.05) is 5.32 Å². The number of hydrogen-bond donors (Lipinski definition) is 2. The molecule has 1 aromatic heterocycles. The van der Waals surface area contributed by atoms with E-state index in [1.165, 1.54) is 5.56 Å². The first-order valence-corrected chi connectivity index (χ1v) is 7.84. The minimum absolute atomic E-state index is 0.782. The molecule has 0 unspecified atom stereocenters. The highest BCUT2D eigenvalue weighted by atomic mass is 79.9. The van der Waals surface area contributed by atoms with Gasteiger partial charge in [-0.2, -0.15) is 0 Å². The van der Waals surface area contributed by atoms with Gasteiger partial charge in [0.15, 0.2) is 0 Å². The molecule has 0 atom stereocenters. The van der Waals surface area contributed by atoms with Gasteiger partial charge in [0, 0.05) is 21.2 Å². The third kappa shape index (κ3) is 2.88. The first-order chi connectivity index (χ1) is 9.61. The van der Waals surface area contributed by atoms with Crippen LogP contribution in [0.1, 0.15) is 11.4 Å². The molecule has 0 fully saturated rings. The van der Waals surface area contributed by atoms with E-state index in [0.717, 1.165) is 38.0 Å². The average Bonchev–Trinajstić information content (AvgIpc) is 2.79. The molecular formula is C15H13Br2N3. The Morgan fingerprint density at radius 2 is 1.95 bits per heavy atom. The smallest absolute Gasteiger partial charge is 0.104 e. The third-order valence-electron chi connectivity index (χ3n) is 3.08. The second-order valence-electron chi connectivity index (χ2n) is 4.66. The molecule has 20 heavy (non-hydrogen) atoms. The number of hydrogen-bond acceptors (Lipinski definition) is 2. The average molecular weight is 395 g/mol. The van der Waals surface area contributed by atoms with E-state index in [1.807, 2.05) is 19.1 Å². The summed E-state index contributed by atoms with van der Waals surface area (Å²) in [7, 11) is 0. The van der Waals surface area contributed by atoms with Crippen LogP contribution >= 0.6 is 31.9 Å². The molecule has 3 nitrogen and oxygen atoms in total. The van der Waals surface area contributed by atoms with Crippen LogP contribution in [-0.2, 0) is 6.54 Å². The van der Waals surface area contributed by atoms with Gasteiger partial charge in [-0.15, -0.1) is 0 Å². The zero-order valence-electron chi connectivity index (χ0n) is 10.9. The predicted octanol–water partition coefficient (Wildman–Crippen LogP) is 5.01.